The van der Waals surface area contributed by atoms with Crippen molar-refractivity contribution in [3.05, 3.63) is 48.0 Å². The first kappa shape index (κ1) is 20.7. The fourth-order valence-corrected chi connectivity index (χ4v) is 5.63. The Morgan fingerprint density at radius 2 is 1.80 bits per heavy atom. The summed E-state index contributed by atoms with van der Waals surface area (Å²) >= 11 is 1.25. The average molecular weight is 447 g/mol. The summed E-state index contributed by atoms with van der Waals surface area (Å²) in [4.78, 5) is 19.2. The minimum absolute atomic E-state index is 0.247. The van der Waals surface area contributed by atoms with Gasteiger partial charge in [-0.25, -0.2) is 13.4 Å². The van der Waals surface area contributed by atoms with E-state index in [1.54, 1.807) is 49.6 Å². The lowest BCUT2D eigenvalue weighted by atomic mass is 10.2. The number of carbonyl (C=O) groups is 1. The number of thiazole rings is 1. The molecular formula is C20H22N4O4S2. The van der Waals surface area contributed by atoms with E-state index < -0.39 is 10.0 Å². The van der Waals surface area contributed by atoms with Crippen LogP contribution in [0.5, 0.6) is 5.75 Å². The number of anilines is 1. The minimum Gasteiger partial charge on any atom is -0.497 e. The summed E-state index contributed by atoms with van der Waals surface area (Å²) in [5.41, 5.74) is 1.12. The lowest BCUT2D eigenvalue weighted by molar-refractivity contribution is 0.102. The first-order valence-corrected chi connectivity index (χ1v) is 11.7. The van der Waals surface area contributed by atoms with E-state index in [0.717, 1.165) is 0 Å². The highest BCUT2D eigenvalue weighted by molar-refractivity contribution is 7.89. The first-order chi connectivity index (χ1) is 14.4. The quantitative estimate of drug-likeness (QED) is 0.648. The van der Waals surface area contributed by atoms with Crippen molar-refractivity contribution in [3.8, 4) is 5.75 Å². The van der Waals surface area contributed by atoms with E-state index in [4.69, 9.17) is 4.74 Å². The maximum Gasteiger partial charge on any atom is 0.257 e. The lowest BCUT2D eigenvalue weighted by Crippen LogP contribution is -2.46. The van der Waals surface area contributed by atoms with Crippen molar-refractivity contribution in [1.82, 2.24) is 14.2 Å². The minimum atomic E-state index is -3.55. The van der Waals surface area contributed by atoms with E-state index in [0.29, 0.717) is 52.8 Å². The molecule has 0 aliphatic carbocycles. The Kier molecular flexibility index (Phi) is 5.74. The van der Waals surface area contributed by atoms with Gasteiger partial charge in [0, 0.05) is 31.7 Å². The molecule has 8 nitrogen and oxygen atoms in total. The molecule has 4 rings (SSSR count). The van der Waals surface area contributed by atoms with Gasteiger partial charge in [-0.1, -0.05) is 11.3 Å². The molecule has 158 valence electrons. The van der Waals surface area contributed by atoms with Gasteiger partial charge in [0.25, 0.3) is 5.91 Å². The molecule has 1 amide bonds. The number of ether oxygens (including phenoxy) is 1. The molecule has 1 saturated heterocycles. The highest BCUT2D eigenvalue weighted by Crippen LogP contribution is 2.30. The number of aromatic nitrogens is 1. The van der Waals surface area contributed by atoms with Crippen LogP contribution in [-0.2, 0) is 10.0 Å². The van der Waals surface area contributed by atoms with Crippen molar-refractivity contribution in [2.24, 2.45) is 0 Å². The second-order valence-electron chi connectivity index (χ2n) is 7.04. The molecule has 1 fully saturated rings. The Labute approximate surface area is 179 Å². The van der Waals surface area contributed by atoms with Gasteiger partial charge >= 0.3 is 0 Å². The van der Waals surface area contributed by atoms with Gasteiger partial charge in [-0.05, 0) is 49.5 Å². The fraction of sp³-hybridized carbons (Fsp3) is 0.300. The number of sulfonamides is 1. The average Bonchev–Trinajstić information content (AvgIpc) is 3.15. The molecule has 0 atom stereocenters. The summed E-state index contributed by atoms with van der Waals surface area (Å²) in [5.74, 6) is 0.377. The Hall–Kier alpha value is -2.53. The molecule has 0 bridgehead atoms. The molecule has 0 saturated carbocycles. The summed E-state index contributed by atoms with van der Waals surface area (Å²) in [6, 6.07) is 11.6. The number of nitrogens with one attached hydrogen (secondary N) is 1. The number of rotatable bonds is 5. The third kappa shape index (κ3) is 4.17. The molecule has 3 aromatic rings. The normalized spacial score (nSPS) is 15.9. The molecule has 1 N–H and O–H groups in total. The zero-order valence-electron chi connectivity index (χ0n) is 16.7. The summed E-state index contributed by atoms with van der Waals surface area (Å²) < 4.78 is 33.3. The number of amides is 1. The molecular weight excluding hydrogens is 424 g/mol. The number of piperazine rings is 1. The van der Waals surface area contributed by atoms with Crippen molar-refractivity contribution in [1.29, 1.82) is 0 Å². The van der Waals surface area contributed by atoms with Crippen molar-refractivity contribution < 1.29 is 17.9 Å². The van der Waals surface area contributed by atoms with Crippen LogP contribution in [0.2, 0.25) is 0 Å². The van der Waals surface area contributed by atoms with Crippen LogP contribution in [0.4, 0.5) is 5.13 Å². The van der Waals surface area contributed by atoms with E-state index in [-0.39, 0.29) is 10.8 Å². The molecule has 0 radical (unpaired) electrons. The Bertz CT molecular complexity index is 1170. The molecule has 1 aliphatic heterocycles. The van der Waals surface area contributed by atoms with Gasteiger partial charge < -0.3 is 9.64 Å². The van der Waals surface area contributed by atoms with Crippen LogP contribution in [0.15, 0.2) is 47.4 Å². The van der Waals surface area contributed by atoms with Crippen LogP contribution in [0, 0.1) is 0 Å². The third-order valence-corrected chi connectivity index (χ3v) is 7.86. The molecule has 0 unspecified atom stereocenters. The standard InChI is InChI=1S/C20H22N4O4S2/c1-23-9-11-24(12-10-23)30(26,27)16-7-8-17-18(13-16)29-20(21-17)22-19(25)14-3-5-15(28-2)6-4-14/h3-8,13H,9-12H2,1-2H3,(H,21,22,25). The van der Waals surface area contributed by atoms with Gasteiger partial charge in [-0.3, -0.25) is 10.1 Å². The van der Waals surface area contributed by atoms with Crippen LogP contribution < -0.4 is 10.1 Å². The van der Waals surface area contributed by atoms with Crippen molar-refractivity contribution >= 4 is 42.6 Å². The topological polar surface area (TPSA) is 91.8 Å². The molecule has 30 heavy (non-hydrogen) atoms. The van der Waals surface area contributed by atoms with Crippen LogP contribution >= 0.6 is 11.3 Å². The lowest BCUT2D eigenvalue weighted by Gasteiger charge is -2.31. The summed E-state index contributed by atoms with van der Waals surface area (Å²) in [5, 5.41) is 3.19. The van der Waals surface area contributed by atoms with Crippen LogP contribution in [0.1, 0.15) is 10.4 Å². The zero-order chi connectivity index (χ0) is 21.3. The predicted octanol–water partition coefficient (Wildman–Crippen LogP) is 2.49. The van der Waals surface area contributed by atoms with Crippen LogP contribution in [0.3, 0.4) is 0 Å². The fourth-order valence-electron chi connectivity index (χ4n) is 3.21. The van der Waals surface area contributed by atoms with Crippen LogP contribution in [-0.4, -0.2) is 68.9 Å². The zero-order valence-corrected chi connectivity index (χ0v) is 18.3. The summed E-state index contributed by atoms with van der Waals surface area (Å²) in [6.07, 6.45) is 0. The smallest absolute Gasteiger partial charge is 0.257 e. The van der Waals surface area contributed by atoms with E-state index >= 15 is 0 Å². The van der Waals surface area contributed by atoms with Gasteiger partial charge in [0.1, 0.15) is 5.75 Å². The number of methoxy groups -OCH3 is 1. The number of likely N-dealkylation sites (N-methyl/N-ethyl adjacent to an activating group) is 1. The van der Waals surface area contributed by atoms with E-state index in [9.17, 15) is 13.2 Å². The maximum absolute atomic E-state index is 13.0. The third-order valence-electron chi connectivity index (χ3n) is 5.03. The highest BCUT2D eigenvalue weighted by Gasteiger charge is 2.27. The number of nitrogens with zero attached hydrogens (tertiary/aromatic N) is 3. The molecule has 1 aromatic heterocycles. The van der Waals surface area contributed by atoms with Gasteiger partial charge in [0.15, 0.2) is 5.13 Å². The van der Waals surface area contributed by atoms with Crippen molar-refractivity contribution in [2.75, 3.05) is 45.7 Å². The Morgan fingerprint density at radius 1 is 1.10 bits per heavy atom. The number of carbonyl (C=O) groups excluding carboxylic acids is 1. The highest BCUT2D eigenvalue weighted by atomic mass is 32.2. The Morgan fingerprint density at radius 3 is 2.47 bits per heavy atom. The number of hydrogen-bond donors (Lipinski definition) is 1. The number of fused-ring (bicyclic) bond motifs is 1. The molecule has 10 heteroatoms. The Balaban J connectivity index is 1.54. The SMILES string of the molecule is COc1ccc(C(=O)Nc2nc3ccc(S(=O)(=O)N4CCN(C)CC4)cc3s2)cc1. The largest absolute Gasteiger partial charge is 0.497 e. The van der Waals surface area contributed by atoms with Gasteiger partial charge in [-0.15, -0.1) is 0 Å². The number of hydrogen-bond acceptors (Lipinski definition) is 7. The molecule has 0 spiro atoms. The predicted molar refractivity (Wildman–Crippen MR) is 117 cm³/mol. The maximum atomic E-state index is 13.0. The van der Waals surface area contributed by atoms with E-state index in [2.05, 4.69) is 15.2 Å². The van der Waals surface area contributed by atoms with Crippen LogP contribution in [0.25, 0.3) is 10.2 Å². The van der Waals surface area contributed by atoms with E-state index in [1.807, 2.05) is 7.05 Å². The first-order valence-electron chi connectivity index (χ1n) is 9.41. The summed E-state index contributed by atoms with van der Waals surface area (Å²) in [7, 11) is -0.00887. The van der Waals surface area contributed by atoms with Crippen molar-refractivity contribution in [2.45, 2.75) is 4.90 Å². The summed E-state index contributed by atoms with van der Waals surface area (Å²) in [6.45, 7) is 2.37. The second kappa shape index (κ2) is 8.31. The second-order valence-corrected chi connectivity index (χ2v) is 10.0. The van der Waals surface area contributed by atoms with Gasteiger partial charge in [-0.2, -0.15) is 4.31 Å². The molecule has 2 heterocycles. The molecule has 2 aromatic carbocycles. The van der Waals surface area contributed by atoms with E-state index in [1.165, 1.54) is 15.6 Å². The van der Waals surface area contributed by atoms with Crippen molar-refractivity contribution in [3.63, 3.8) is 0 Å². The number of benzene rings is 2. The monoisotopic (exact) mass is 446 g/mol. The molecule has 1 aliphatic rings. The van der Waals surface area contributed by atoms with Gasteiger partial charge in [0.05, 0.1) is 22.2 Å². The van der Waals surface area contributed by atoms with Gasteiger partial charge in [0.2, 0.25) is 10.0 Å².